The highest BCUT2D eigenvalue weighted by Crippen LogP contribution is 2.40. The zero-order chi connectivity index (χ0) is 22.5. The number of esters is 1. The average Bonchev–Trinajstić information content (AvgIpc) is 2.66. The number of carbonyl (C=O) groups is 1. The molecule has 0 unspecified atom stereocenters. The fourth-order valence-electron chi connectivity index (χ4n) is 3.72. The van der Waals surface area contributed by atoms with Gasteiger partial charge in [-0.3, -0.25) is 0 Å². The van der Waals surface area contributed by atoms with Crippen LogP contribution in [0.1, 0.15) is 56.0 Å². The van der Waals surface area contributed by atoms with E-state index in [-0.39, 0.29) is 23.4 Å². The maximum absolute atomic E-state index is 12.4. The lowest BCUT2D eigenvalue weighted by Gasteiger charge is -2.43. The van der Waals surface area contributed by atoms with Crippen molar-refractivity contribution in [1.29, 1.82) is 0 Å². The Balaban J connectivity index is 2.26. The van der Waals surface area contributed by atoms with Crippen LogP contribution in [0.4, 0.5) is 0 Å². The molecule has 1 aliphatic heterocycles. The van der Waals surface area contributed by atoms with E-state index in [1.807, 2.05) is 18.2 Å². The molecule has 0 amide bonds. The summed E-state index contributed by atoms with van der Waals surface area (Å²) in [5, 5.41) is 0.152. The number of rotatable bonds is 8. The van der Waals surface area contributed by atoms with Crippen LogP contribution in [0.3, 0.4) is 0 Å². The van der Waals surface area contributed by atoms with E-state index in [1.54, 1.807) is 13.2 Å². The van der Waals surface area contributed by atoms with Gasteiger partial charge in [0.05, 0.1) is 32.5 Å². The smallest absolute Gasteiger partial charge is 0.341 e. The zero-order valence-corrected chi connectivity index (χ0v) is 20.6. The average molecular weight is 435 g/mol. The van der Waals surface area contributed by atoms with Gasteiger partial charge in [-0.1, -0.05) is 39.0 Å². The minimum Gasteiger partial charge on any atom is -0.496 e. The molecule has 0 N–H and O–H groups in total. The molecule has 0 saturated carbocycles. The summed E-state index contributed by atoms with van der Waals surface area (Å²) in [6.45, 7) is 15.2. The third-order valence-electron chi connectivity index (χ3n) is 6.30. The summed E-state index contributed by atoms with van der Waals surface area (Å²) in [5.74, 6) is 0.127. The van der Waals surface area contributed by atoms with Crippen molar-refractivity contribution in [3.8, 4) is 5.75 Å². The van der Waals surface area contributed by atoms with Crippen molar-refractivity contribution in [3.05, 3.63) is 42.0 Å². The van der Waals surface area contributed by atoms with E-state index in [2.05, 4.69) is 40.4 Å². The van der Waals surface area contributed by atoms with E-state index >= 15 is 0 Å². The highest BCUT2D eigenvalue weighted by molar-refractivity contribution is 6.74. The maximum Gasteiger partial charge on any atom is 0.341 e. The first-order chi connectivity index (χ1) is 14.0. The van der Waals surface area contributed by atoms with Gasteiger partial charge >= 0.3 is 5.97 Å². The van der Waals surface area contributed by atoms with Crippen LogP contribution in [-0.4, -0.2) is 46.8 Å². The molecule has 5 nitrogen and oxygen atoms in total. The second-order valence-electron chi connectivity index (χ2n) is 9.57. The lowest BCUT2D eigenvalue weighted by Crippen LogP contribution is -2.48. The summed E-state index contributed by atoms with van der Waals surface area (Å²) in [5.41, 5.74) is 1.34. The molecule has 1 fully saturated rings. The molecule has 6 heteroatoms. The molecule has 0 aliphatic carbocycles. The topological polar surface area (TPSA) is 54.0 Å². The van der Waals surface area contributed by atoms with E-state index in [9.17, 15) is 4.79 Å². The van der Waals surface area contributed by atoms with Crippen molar-refractivity contribution < 1.29 is 23.4 Å². The lowest BCUT2D eigenvalue weighted by atomic mass is 9.93. The number of benzene rings is 1. The monoisotopic (exact) mass is 434 g/mol. The predicted molar refractivity (Wildman–Crippen MR) is 123 cm³/mol. The van der Waals surface area contributed by atoms with Gasteiger partial charge in [0.2, 0.25) is 0 Å². The Bertz CT molecular complexity index is 738. The second kappa shape index (κ2) is 10.1. The Kier molecular flexibility index (Phi) is 8.31. The minimum atomic E-state index is -1.89. The summed E-state index contributed by atoms with van der Waals surface area (Å²) in [6, 6.07) is 5.62. The lowest BCUT2D eigenvalue weighted by molar-refractivity contribution is -0.0891. The Hall–Kier alpha value is -1.63. The summed E-state index contributed by atoms with van der Waals surface area (Å²) in [4.78, 5) is 12.4. The molecular weight excluding hydrogens is 396 g/mol. The van der Waals surface area contributed by atoms with Crippen molar-refractivity contribution in [3.63, 3.8) is 0 Å². The normalized spacial score (nSPS) is 22.4. The SMILES string of the molecule is C=CC[C@@H]1C[C@@H](O[Si](C)(C)C(C)(C)C)C[C@@H](Cc2cccc(OC)c2C(=O)OC)O1. The van der Waals surface area contributed by atoms with E-state index < -0.39 is 14.3 Å². The molecule has 1 aromatic carbocycles. The summed E-state index contributed by atoms with van der Waals surface area (Å²) in [6.07, 6.45) is 5.14. The van der Waals surface area contributed by atoms with Crippen molar-refractivity contribution >= 4 is 14.3 Å². The number of methoxy groups -OCH3 is 2. The molecule has 3 atom stereocenters. The highest BCUT2D eigenvalue weighted by Gasteiger charge is 2.41. The Morgan fingerprint density at radius 3 is 2.47 bits per heavy atom. The molecule has 1 aliphatic rings. The molecule has 1 heterocycles. The van der Waals surface area contributed by atoms with Crippen LogP contribution in [0.2, 0.25) is 18.1 Å². The summed E-state index contributed by atoms with van der Waals surface area (Å²) >= 11 is 0. The molecule has 1 saturated heterocycles. The van der Waals surface area contributed by atoms with Crippen LogP contribution < -0.4 is 4.74 Å². The first-order valence-electron chi connectivity index (χ1n) is 10.7. The summed E-state index contributed by atoms with van der Waals surface area (Å²) in [7, 11) is 1.06. The molecule has 1 aromatic rings. The molecule has 0 bridgehead atoms. The quantitative estimate of drug-likeness (QED) is 0.305. The molecule has 168 valence electrons. The van der Waals surface area contributed by atoms with Gasteiger partial charge in [-0.25, -0.2) is 4.79 Å². The van der Waals surface area contributed by atoms with Crippen LogP contribution >= 0.6 is 0 Å². The number of hydrogen-bond acceptors (Lipinski definition) is 5. The number of carbonyl (C=O) groups excluding carboxylic acids is 1. The van der Waals surface area contributed by atoms with Gasteiger partial charge in [0, 0.05) is 0 Å². The third-order valence-corrected chi connectivity index (χ3v) is 10.8. The standard InChI is InChI=1S/C24H38O5Si/c1-9-11-18-15-20(29-30(7,8)24(2,3)4)16-19(28-18)14-17-12-10-13-21(26-5)22(17)23(25)27-6/h9-10,12-13,18-20H,1,11,14-16H2,2-8H3/t18-,19-,20-/m1/s1. The number of hydrogen-bond donors (Lipinski definition) is 0. The van der Waals surface area contributed by atoms with E-state index in [0.29, 0.717) is 17.7 Å². The highest BCUT2D eigenvalue weighted by atomic mass is 28.4. The molecular formula is C24H38O5Si. The zero-order valence-electron chi connectivity index (χ0n) is 19.6. The van der Waals surface area contributed by atoms with Crippen LogP contribution in [0, 0.1) is 0 Å². The van der Waals surface area contributed by atoms with Crippen LogP contribution in [0.25, 0.3) is 0 Å². The van der Waals surface area contributed by atoms with E-state index in [0.717, 1.165) is 24.8 Å². The van der Waals surface area contributed by atoms with Crippen LogP contribution in [0.15, 0.2) is 30.9 Å². The molecule has 0 aromatic heterocycles. The van der Waals surface area contributed by atoms with Gasteiger partial charge < -0.3 is 18.6 Å². The van der Waals surface area contributed by atoms with Crippen LogP contribution in [0.5, 0.6) is 5.75 Å². The third kappa shape index (κ3) is 5.96. The summed E-state index contributed by atoms with van der Waals surface area (Å²) < 4.78 is 23.5. The molecule has 30 heavy (non-hydrogen) atoms. The van der Waals surface area contributed by atoms with Crippen molar-refractivity contribution in [2.45, 2.75) is 82.9 Å². The Morgan fingerprint density at radius 2 is 1.90 bits per heavy atom. The van der Waals surface area contributed by atoms with Crippen molar-refractivity contribution in [2.75, 3.05) is 14.2 Å². The second-order valence-corrected chi connectivity index (χ2v) is 14.3. The molecule has 0 radical (unpaired) electrons. The fraction of sp³-hybridized carbons (Fsp3) is 0.625. The fourth-order valence-corrected chi connectivity index (χ4v) is 5.10. The number of ether oxygens (including phenoxy) is 3. The first-order valence-corrected chi connectivity index (χ1v) is 13.6. The minimum absolute atomic E-state index is 0.0472. The van der Waals surface area contributed by atoms with Gasteiger partial charge in [0.15, 0.2) is 8.32 Å². The molecule has 0 spiro atoms. The predicted octanol–water partition coefficient (Wildman–Crippen LogP) is 5.54. The maximum atomic E-state index is 12.4. The van der Waals surface area contributed by atoms with Crippen molar-refractivity contribution in [2.24, 2.45) is 0 Å². The Morgan fingerprint density at radius 1 is 1.23 bits per heavy atom. The van der Waals surface area contributed by atoms with Gasteiger partial charge in [-0.05, 0) is 55.4 Å². The van der Waals surface area contributed by atoms with Gasteiger partial charge in [-0.15, -0.1) is 6.58 Å². The van der Waals surface area contributed by atoms with Gasteiger partial charge in [-0.2, -0.15) is 0 Å². The largest absolute Gasteiger partial charge is 0.496 e. The molecule has 2 rings (SSSR count). The van der Waals surface area contributed by atoms with Gasteiger partial charge in [0.1, 0.15) is 11.3 Å². The van der Waals surface area contributed by atoms with Crippen LogP contribution in [-0.2, 0) is 20.3 Å². The first kappa shape index (κ1) is 24.6. The van der Waals surface area contributed by atoms with Gasteiger partial charge in [0.25, 0.3) is 0 Å². The Labute approximate surface area is 182 Å². The van der Waals surface area contributed by atoms with Crippen molar-refractivity contribution in [1.82, 2.24) is 0 Å². The van der Waals surface area contributed by atoms with E-state index in [4.69, 9.17) is 18.6 Å². The van der Waals surface area contributed by atoms with E-state index in [1.165, 1.54) is 7.11 Å².